The number of nitrogens with zero attached hydrogens (tertiary/aromatic N) is 1. The Balaban J connectivity index is 1.80. The van der Waals surface area contributed by atoms with Gasteiger partial charge >= 0.3 is 5.97 Å². The summed E-state index contributed by atoms with van der Waals surface area (Å²) in [7, 11) is 0. The summed E-state index contributed by atoms with van der Waals surface area (Å²) in [4.78, 5) is 14.2. The van der Waals surface area contributed by atoms with Gasteiger partial charge in [-0.15, -0.1) is 11.3 Å². The minimum Gasteiger partial charge on any atom is -0.481 e. The second-order valence-corrected chi connectivity index (χ2v) is 4.89. The van der Waals surface area contributed by atoms with E-state index >= 15 is 0 Å². The predicted molar refractivity (Wildman–Crippen MR) is 60.2 cm³/mol. The summed E-state index contributed by atoms with van der Waals surface area (Å²) >= 11 is 1.81. The number of aliphatic carboxylic acids is 1. The van der Waals surface area contributed by atoms with Gasteiger partial charge in [0.05, 0.1) is 0 Å². The van der Waals surface area contributed by atoms with Crippen molar-refractivity contribution in [2.24, 2.45) is 0 Å². The van der Waals surface area contributed by atoms with Crippen LogP contribution in [0.1, 0.15) is 23.3 Å². The Bertz CT molecular complexity index is 348. The van der Waals surface area contributed by atoms with Gasteiger partial charge in [-0.3, -0.25) is 9.69 Å². The van der Waals surface area contributed by atoms with Gasteiger partial charge in [-0.2, -0.15) is 0 Å². The molecular formula is C11H15NO2S. The number of fused-ring (bicyclic) bond motifs is 1. The SMILES string of the molecule is O=C(O)CCCN1CCc2ccsc2C1. The fraction of sp³-hybridized carbons (Fsp3) is 0.545. The molecule has 0 fully saturated rings. The summed E-state index contributed by atoms with van der Waals surface area (Å²) in [6, 6.07) is 2.20. The lowest BCUT2D eigenvalue weighted by molar-refractivity contribution is -0.137. The Hall–Kier alpha value is -0.870. The Labute approximate surface area is 93.3 Å². The second-order valence-electron chi connectivity index (χ2n) is 3.89. The molecule has 1 N–H and O–H groups in total. The molecule has 0 aromatic carbocycles. The smallest absolute Gasteiger partial charge is 0.303 e. The maximum Gasteiger partial charge on any atom is 0.303 e. The molecule has 0 saturated carbocycles. The molecule has 1 aromatic rings. The van der Waals surface area contributed by atoms with E-state index in [0.29, 0.717) is 0 Å². The van der Waals surface area contributed by atoms with Crippen molar-refractivity contribution < 1.29 is 9.90 Å². The third-order valence-corrected chi connectivity index (χ3v) is 3.72. The standard InChI is InChI=1S/C11H15NO2S/c13-11(14)2-1-5-12-6-3-9-4-7-15-10(9)8-12/h4,7H,1-3,5-6,8H2,(H,13,14). The van der Waals surface area contributed by atoms with Gasteiger partial charge in [-0.1, -0.05) is 0 Å². The summed E-state index contributed by atoms with van der Waals surface area (Å²) in [6.45, 7) is 2.99. The van der Waals surface area contributed by atoms with Crippen molar-refractivity contribution in [2.45, 2.75) is 25.8 Å². The largest absolute Gasteiger partial charge is 0.481 e. The van der Waals surface area contributed by atoms with Gasteiger partial charge < -0.3 is 5.11 Å². The summed E-state index contributed by atoms with van der Waals surface area (Å²) in [5.41, 5.74) is 1.48. The van der Waals surface area contributed by atoms with Crippen molar-refractivity contribution in [3.8, 4) is 0 Å². The van der Waals surface area contributed by atoms with Gasteiger partial charge in [0.25, 0.3) is 0 Å². The summed E-state index contributed by atoms with van der Waals surface area (Å²) < 4.78 is 0. The molecule has 15 heavy (non-hydrogen) atoms. The number of carboxylic acids is 1. The van der Waals surface area contributed by atoms with Crippen LogP contribution in [-0.2, 0) is 17.8 Å². The minimum atomic E-state index is -0.691. The molecule has 0 atom stereocenters. The number of hydrogen-bond donors (Lipinski definition) is 1. The zero-order chi connectivity index (χ0) is 10.7. The van der Waals surface area contributed by atoms with Crippen molar-refractivity contribution in [3.63, 3.8) is 0 Å². The number of carboxylic acid groups (broad SMARTS) is 1. The third-order valence-electron chi connectivity index (χ3n) is 2.77. The van der Waals surface area contributed by atoms with Crippen LogP contribution in [0, 0.1) is 0 Å². The molecule has 0 radical (unpaired) electrons. The first-order valence-corrected chi connectivity index (χ1v) is 6.13. The molecule has 0 amide bonds. The van der Waals surface area contributed by atoms with Crippen LogP contribution in [-0.4, -0.2) is 29.1 Å². The van der Waals surface area contributed by atoms with E-state index in [9.17, 15) is 4.79 Å². The van der Waals surface area contributed by atoms with Crippen LogP contribution in [0.2, 0.25) is 0 Å². The summed E-state index contributed by atoms with van der Waals surface area (Å²) in [5, 5.41) is 10.7. The van der Waals surface area contributed by atoms with Crippen LogP contribution in [0.25, 0.3) is 0 Å². The molecule has 0 unspecified atom stereocenters. The van der Waals surface area contributed by atoms with Gasteiger partial charge in [-0.25, -0.2) is 0 Å². The summed E-state index contributed by atoms with van der Waals surface area (Å²) in [6.07, 6.45) is 2.16. The molecule has 0 aliphatic carbocycles. The predicted octanol–water partition coefficient (Wildman–Crippen LogP) is 1.97. The number of rotatable bonds is 4. The highest BCUT2D eigenvalue weighted by molar-refractivity contribution is 7.10. The first kappa shape index (κ1) is 10.6. The highest BCUT2D eigenvalue weighted by Gasteiger charge is 2.16. The van der Waals surface area contributed by atoms with E-state index in [2.05, 4.69) is 16.3 Å². The number of carbonyl (C=O) groups is 1. The summed E-state index contributed by atoms with van der Waals surface area (Å²) in [5.74, 6) is -0.691. The van der Waals surface area contributed by atoms with Crippen LogP contribution in [0.15, 0.2) is 11.4 Å². The van der Waals surface area contributed by atoms with Crippen LogP contribution in [0.5, 0.6) is 0 Å². The van der Waals surface area contributed by atoms with Gasteiger partial charge in [0, 0.05) is 24.4 Å². The molecule has 0 spiro atoms. The Morgan fingerprint density at radius 1 is 1.60 bits per heavy atom. The van der Waals surface area contributed by atoms with Gasteiger partial charge in [0.1, 0.15) is 0 Å². The zero-order valence-corrected chi connectivity index (χ0v) is 9.42. The normalized spacial score (nSPS) is 16.3. The van der Waals surface area contributed by atoms with Crippen molar-refractivity contribution in [3.05, 3.63) is 21.9 Å². The molecule has 1 aromatic heterocycles. The monoisotopic (exact) mass is 225 g/mol. The minimum absolute atomic E-state index is 0.286. The highest BCUT2D eigenvalue weighted by Crippen LogP contribution is 2.24. The average molecular weight is 225 g/mol. The molecule has 2 heterocycles. The van der Waals surface area contributed by atoms with E-state index in [4.69, 9.17) is 5.11 Å². The Morgan fingerprint density at radius 2 is 2.47 bits per heavy atom. The second kappa shape index (κ2) is 4.77. The Kier molecular flexibility index (Phi) is 3.38. The molecule has 4 heteroatoms. The van der Waals surface area contributed by atoms with Crippen molar-refractivity contribution in [1.82, 2.24) is 4.90 Å². The zero-order valence-electron chi connectivity index (χ0n) is 8.61. The van der Waals surface area contributed by atoms with Crippen molar-refractivity contribution >= 4 is 17.3 Å². The molecule has 1 aliphatic heterocycles. The van der Waals surface area contributed by atoms with Crippen LogP contribution < -0.4 is 0 Å². The molecule has 0 bridgehead atoms. The van der Waals surface area contributed by atoms with Crippen LogP contribution >= 0.6 is 11.3 Å². The number of hydrogen-bond acceptors (Lipinski definition) is 3. The first-order valence-electron chi connectivity index (χ1n) is 5.25. The molecule has 0 saturated heterocycles. The van der Waals surface area contributed by atoms with Crippen LogP contribution in [0.4, 0.5) is 0 Å². The highest BCUT2D eigenvalue weighted by atomic mass is 32.1. The fourth-order valence-electron chi connectivity index (χ4n) is 1.93. The van der Waals surface area contributed by atoms with E-state index < -0.39 is 5.97 Å². The molecule has 1 aliphatic rings. The fourth-order valence-corrected chi connectivity index (χ4v) is 2.91. The Morgan fingerprint density at radius 3 is 3.27 bits per heavy atom. The van der Waals surface area contributed by atoms with Gasteiger partial charge in [0.15, 0.2) is 0 Å². The van der Waals surface area contributed by atoms with E-state index in [1.807, 2.05) is 11.3 Å². The number of thiophene rings is 1. The van der Waals surface area contributed by atoms with Crippen LogP contribution in [0.3, 0.4) is 0 Å². The average Bonchev–Trinajstić information content (AvgIpc) is 2.64. The third kappa shape index (κ3) is 2.79. The lowest BCUT2D eigenvalue weighted by Crippen LogP contribution is -2.30. The first-order chi connectivity index (χ1) is 7.25. The van der Waals surface area contributed by atoms with E-state index in [-0.39, 0.29) is 6.42 Å². The van der Waals surface area contributed by atoms with Gasteiger partial charge in [0.2, 0.25) is 0 Å². The molecular weight excluding hydrogens is 210 g/mol. The van der Waals surface area contributed by atoms with Gasteiger partial charge in [-0.05, 0) is 36.4 Å². The quantitative estimate of drug-likeness (QED) is 0.851. The maximum atomic E-state index is 10.4. The molecule has 2 rings (SSSR count). The van der Waals surface area contributed by atoms with E-state index in [0.717, 1.165) is 32.5 Å². The topological polar surface area (TPSA) is 40.5 Å². The van der Waals surface area contributed by atoms with Crippen molar-refractivity contribution in [2.75, 3.05) is 13.1 Å². The van der Waals surface area contributed by atoms with E-state index in [1.54, 1.807) is 0 Å². The maximum absolute atomic E-state index is 10.4. The van der Waals surface area contributed by atoms with Crippen molar-refractivity contribution in [1.29, 1.82) is 0 Å². The lowest BCUT2D eigenvalue weighted by Gasteiger charge is -2.26. The molecule has 82 valence electrons. The van der Waals surface area contributed by atoms with E-state index in [1.165, 1.54) is 10.4 Å². The lowest BCUT2D eigenvalue weighted by atomic mass is 10.1. The molecule has 3 nitrogen and oxygen atoms in total.